The molecule has 3 heteroatoms. The predicted octanol–water partition coefficient (Wildman–Crippen LogP) is 2.40. The van der Waals surface area contributed by atoms with E-state index in [1.165, 1.54) is 0 Å². The van der Waals surface area contributed by atoms with Crippen LogP contribution in [0.4, 0.5) is 5.69 Å². The molecule has 0 heterocycles. The number of hydrogen-bond donors (Lipinski definition) is 0. The van der Waals surface area contributed by atoms with Crippen LogP contribution in [0.3, 0.4) is 0 Å². The highest BCUT2D eigenvalue weighted by atomic mass is 16.5. The van der Waals surface area contributed by atoms with Crippen LogP contribution in [-0.4, -0.2) is 7.11 Å². The molecule has 0 aliphatic heterocycles. The van der Waals surface area contributed by atoms with Gasteiger partial charge in [0.15, 0.2) is 0 Å². The van der Waals surface area contributed by atoms with E-state index in [2.05, 4.69) is 5.18 Å². The lowest BCUT2D eigenvalue weighted by molar-refractivity contribution is 0.415. The average molecular weight is 151 g/mol. The second-order valence-corrected chi connectivity index (χ2v) is 2.24. The van der Waals surface area contributed by atoms with Crippen molar-refractivity contribution in [3.05, 3.63) is 28.7 Å². The number of rotatable bonds is 2. The Morgan fingerprint density at radius 1 is 1.45 bits per heavy atom. The first-order valence-electron chi connectivity index (χ1n) is 3.26. The number of methoxy groups -OCH3 is 1. The van der Waals surface area contributed by atoms with Crippen molar-refractivity contribution in [1.82, 2.24) is 0 Å². The molecule has 58 valence electrons. The first kappa shape index (κ1) is 7.72. The van der Waals surface area contributed by atoms with E-state index in [4.69, 9.17) is 4.74 Å². The number of nitroso groups, excluding NO2 is 1. The predicted molar refractivity (Wildman–Crippen MR) is 43.2 cm³/mol. The molecule has 0 radical (unpaired) electrons. The van der Waals surface area contributed by atoms with Gasteiger partial charge in [-0.1, -0.05) is 6.07 Å². The lowest BCUT2D eigenvalue weighted by Crippen LogP contribution is -1.82. The van der Waals surface area contributed by atoms with Gasteiger partial charge in [-0.3, -0.25) is 0 Å². The topological polar surface area (TPSA) is 38.7 Å². The molecule has 0 amide bonds. The van der Waals surface area contributed by atoms with Crippen molar-refractivity contribution in [2.24, 2.45) is 5.18 Å². The molecule has 0 atom stereocenters. The minimum absolute atomic E-state index is 0.435. The van der Waals surface area contributed by atoms with Gasteiger partial charge in [-0.2, -0.15) is 0 Å². The molecule has 1 rings (SSSR count). The van der Waals surface area contributed by atoms with E-state index in [1.807, 2.05) is 6.92 Å². The van der Waals surface area contributed by atoms with E-state index < -0.39 is 0 Å². The minimum Gasteiger partial charge on any atom is -0.497 e. The van der Waals surface area contributed by atoms with E-state index >= 15 is 0 Å². The van der Waals surface area contributed by atoms with E-state index in [-0.39, 0.29) is 0 Å². The summed E-state index contributed by atoms with van der Waals surface area (Å²) >= 11 is 0. The third kappa shape index (κ3) is 1.55. The van der Waals surface area contributed by atoms with Gasteiger partial charge in [-0.05, 0) is 23.7 Å². The molecule has 0 aromatic heterocycles. The molecule has 0 N–H and O–H groups in total. The Bertz CT molecular complexity index is 271. The van der Waals surface area contributed by atoms with Crippen LogP contribution in [0.15, 0.2) is 23.4 Å². The van der Waals surface area contributed by atoms with Gasteiger partial charge in [0, 0.05) is 6.07 Å². The van der Waals surface area contributed by atoms with E-state index in [0.29, 0.717) is 11.4 Å². The Hall–Kier alpha value is -1.38. The summed E-state index contributed by atoms with van der Waals surface area (Å²) in [6.07, 6.45) is 0. The summed E-state index contributed by atoms with van der Waals surface area (Å²) in [5, 5.41) is 2.85. The molecule has 0 aliphatic rings. The number of ether oxygens (including phenoxy) is 1. The number of aryl methyl sites for hydroxylation is 1. The second kappa shape index (κ2) is 3.14. The van der Waals surface area contributed by atoms with Crippen LogP contribution in [0.25, 0.3) is 0 Å². The Morgan fingerprint density at radius 2 is 2.18 bits per heavy atom. The van der Waals surface area contributed by atoms with Gasteiger partial charge in [0.05, 0.1) is 7.11 Å². The molecule has 11 heavy (non-hydrogen) atoms. The zero-order chi connectivity index (χ0) is 8.27. The molecule has 0 bridgehead atoms. The Morgan fingerprint density at radius 3 is 2.73 bits per heavy atom. The molecule has 1 aromatic carbocycles. The highest BCUT2D eigenvalue weighted by molar-refractivity contribution is 5.49. The fourth-order valence-corrected chi connectivity index (χ4v) is 0.815. The molecule has 0 aliphatic carbocycles. The first-order valence-corrected chi connectivity index (χ1v) is 3.26. The molecule has 0 saturated heterocycles. The summed E-state index contributed by atoms with van der Waals surface area (Å²) in [6.45, 7) is 1.83. The van der Waals surface area contributed by atoms with Crippen LogP contribution in [0, 0.1) is 11.8 Å². The van der Waals surface area contributed by atoms with Gasteiger partial charge in [0.25, 0.3) is 0 Å². The monoisotopic (exact) mass is 151 g/mol. The number of benzene rings is 1. The molecule has 1 aromatic rings. The minimum atomic E-state index is 0.435. The van der Waals surface area contributed by atoms with Crippen LogP contribution in [0.1, 0.15) is 5.56 Å². The van der Waals surface area contributed by atoms with Crippen molar-refractivity contribution in [1.29, 1.82) is 0 Å². The maximum absolute atomic E-state index is 10.2. The molecular weight excluding hydrogens is 142 g/mol. The zero-order valence-electron chi connectivity index (χ0n) is 6.50. The van der Waals surface area contributed by atoms with Crippen LogP contribution in [-0.2, 0) is 0 Å². The Labute approximate surface area is 65.0 Å². The van der Waals surface area contributed by atoms with Crippen LogP contribution in [0.5, 0.6) is 5.75 Å². The second-order valence-electron chi connectivity index (χ2n) is 2.24. The molecule has 0 fully saturated rings. The Kier molecular flexibility index (Phi) is 2.21. The van der Waals surface area contributed by atoms with Gasteiger partial charge in [-0.15, -0.1) is 4.91 Å². The average Bonchev–Trinajstić information content (AvgIpc) is 2.05. The van der Waals surface area contributed by atoms with Gasteiger partial charge < -0.3 is 4.74 Å². The van der Waals surface area contributed by atoms with Crippen molar-refractivity contribution in [2.45, 2.75) is 6.92 Å². The van der Waals surface area contributed by atoms with Gasteiger partial charge in [0.1, 0.15) is 11.4 Å². The SMILES string of the molecule is COc1ccc(C)c(N=O)c1. The van der Waals surface area contributed by atoms with Crippen molar-refractivity contribution in [3.8, 4) is 5.75 Å². The fraction of sp³-hybridized carbons (Fsp3) is 0.250. The maximum Gasteiger partial charge on any atom is 0.121 e. The summed E-state index contributed by atoms with van der Waals surface area (Å²) in [4.78, 5) is 10.2. The summed E-state index contributed by atoms with van der Waals surface area (Å²) < 4.78 is 4.91. The largest absolute Gasteiger partial charge is 0.497 e. The fourth-order valence-electron chi connectivity index (χ4n) is 0.815. The molecule has 3 nitrogen and oxygen atoms in total. The molecule has 0 unspecified atom stereocenters. The van der Waals surface area contributed by atoms with Crippen LogP contribution in [0.2, 0.25) is 0 Å². The summed E-state index contributed by atoms with van der Waals surface area (Å²) in [5.41, 5.74) is 1.30. The third-order valence-electron chi connectivity index (χ3n) is 1.51. The highest BCUT2D eigenvalue weighted by Crippen LogP contribution is 2.23. The van der Waals surface area contributed by atoms with E-state index in [9.17, 15) is 4.91 Å². The van der Waals surface area contributed by atoms with Crippen LogP contribution < -0.4 is 4.74 Å². The van der Waals surface area contributed by atoms with Crippen molar-refractivity contribution >= 4 is 5.69 Å². The number of hydrogen-bond acceptors (Lipinski definition) is 3. The maximum atomic E-state index is 10.2. The highest BCUT2D eigenvalue weighted by Gasteiger charge is 1.98. The summed E-state index contributed by atoms with van der Waals surface area (Å²) in [7, 11) is 1.55. The lowest BCUT2D eigenvalue weighted by atomic mass is 10.2. The standard InChI is InChI=1S/C8H9NO2/c1-6-3-4-7(11-2)5-8(6)9-10/h3-5H,1-2H3. The van der Waals surface area contributed by atoms with Crippen LogP contribution >= 0.6 is 0 Å². The van der Waals surface area contributed by atoms with Gasteiger partial charge >= 0.3 is 0 Å². The zero-order valence-corrected chi connectivity index (χ0v) is 6.50. The number of nitrogens with zero attached hydrogens (tertiary/aromatic N) is 1. The van der Waals surface area contributed by atoms with Crippen molar-refractivity contribution < 1.29 is 4.74 Å². The summed E-state index contributed by atoms with van der Waals surface area (Å²) in [5.74, 6) is 0.658. The molecule has 0 saturated carbocycles. The third-order valence-corrected chi connectivity index (χ3v) is 1.51. The van der Waals surface area contributed by atoms with Gasteiger partial charge in [-0.25, -0.2) is 0 Å². The molecule has 0 spiro atoms. The smallest absolute Gasteiger partial charge is 0.121 e. The van der Waals surface area contributed by atoms with E-state index in [1.54, 1.807) is 25.3 Å². The van der Waals surface area contributed by atoms with E-state index in [0.717, 1.165) is 5.56 Å². The Balaban J connectivity index is 3.12. The lowest BCUT2D eigenvalue weighted by Gasteiger charge is -2.00. The quantitative estimate of drug-likeness (QED) is 0.609. The molecular formula is C8H9NO2. The van der Waals surface area contributed by atoms with Crippen molar-refractivity contribution in [3.63, 3.8) is 0 Å². The first-order chi connectivity index (χ1) is 5.27. The van der Waals surface area contributed by atoms with Crippen molar-refractivity contribution in [2.75, 3.05) is 7.11 Å². The normalized spacial score (nSPS) is 9.27. The van der Waals surface area contributed by atoms with Gasteiger partial charge in [0.2, 0.25) is 0 Å². The summed E-state index contributed by atoms with van der Waals surface area (Å²) in [6, 6.07) is 5.21.